The molecular weight excluding hydrogens is 1090 g/mol. The summed E-state index contributed by atoms with van der Waals surface area (Å²) in [5.74, 6) is -0.604. The Morgan fingerprint density at radius 3 is 0.829 bits per heavy atom. The molecule has 0 amide bonds. The number of rotatable bonds is 62. The van der Waals surface area contributed by atoms with Crippen LogP contribution in [0.15, 0.2) is 0 Å². The van der Waals surface area contributed by atoms with Crippen molar-refractivity contribution in [3.63, 3.8) is 0 Å². The van der Waals surface area contributed by atoms with Gasteiger partial charge < -0.3 is 33.8 Å². The smallest absolute Gasteiger partial charge is 0.462 e. The van der Waals surface area contributed by atoms with Gasteiger partial charge in [0.2, 0.25) is 0 Å². The quantitative estimate of drug-likeness (QED) is 0.0222. The van der Waals surface area contributed by atoms with E-state index in [-0.39, 0.29) is 25.7 Å². The third-order valence-corrected chi connectivity index (χ3v) is 16.4. The number of phosphoric acid groups is 2. The standard InChI is InChI=1S/C63H122O17P2/c1-7-9-11-13-26-35-41-47-62(67)79-58(51-73-60(65)45-39-31-12-10-8-2)53-77-81(69,70)75-49-57(64)50-76-82(71,72)78-54-59(52-74-61(66)46-40-34-29-25-21-23-28-33-38-44-56(5)6)80-63(68)48-42-36-30-24-20-18-16-14-15-17-19-22-27-32-37-43-55(3)4/h55-59,64H,7-54H2,1-6H3,(H,69,70)(H,71,72)/t57-,58+,59+/m0/s1. The highest BCUT2D eigenvalue weighted by Gasteiger charge is 2.30. The molecule has 0 saturated carbocycles. The number of aliphatic hydroxyl groups excluding tert-OH is 1. The van der Waals surface area contributed by atoms with Gasteiger partial charge in [0.1, 0.15) is 19.3 Å². The molecule has 5 atom stereocenters. The minimum absolute atomic E-state index is 0.103. The van der Waals surface area contributed by atoms with Crippen LogP contribution in [0.3, 0.4) is 0 Å². The van der Waals surface area contributed by atoms with Crippen LogP contribution in [0.5, 0.6) is 0 Å². The van der Waals surface area contributed by atoms with Crippen LogP contribution in [0.2, 0.25) is 0 Å². The average molecular weight is 1210 g/mol. The first-order valence-corrected chi connectivity index (χ1v) is 36.0. The lowest BCUT2D eigenvalue weighted by atomic mass is 10.0. The summed E-state index contributed by atoms with van der Waals surface area (Å²) in [5.41, 5.74) is 0. The predicted octanol–water partition coefficient (Wildman–Crippen LogP) is 17.3. The van der Waals surface area contributed by atoms with E-state index in [9.17, 15) is 43.2 Å². The van der Waals surface area contributed by atoms with Crippen molar-refractivity contribution < 1.29 is 80.2 Å². The molecule has 0 saturated heterocycles. The van der Waals surface area contributed by atoms with E-state index >= 15 is 0 Å². The van der Waals surface area contributed by atoms with Gasteiger partial charge in [-0.25, -0.2) is 9.13 Å². The predicted molar refractivity (Wildman–Crippen MR) is 326 cm³/mol. The van der Waals surface area contributed by atoms with Crippen LogP contribution in [0.25, 0.3) is 0 Å². The second-order valence-corrected chi connectivity index (χ2v) is 26.7. The molecule has 0 aliphatic heterocycles. The number of carbonyl (C=O) groups excluding carboxylic acids is 4. The number of carbonyl (C=O) groups is 4. The fraction of sp³-hybridized carbons (Fsp3) is 0.937. The van der Waals surface area contributed by atoms with Gasteiger partial charge in [0.25, 0.3) is 0 Å². The number of ether oxygens (including phenoxy) is 4. The molecular formula is C63H122O17P2. The molecule has 3 N–H and O–H groups in total. The molecule has 2 unspecified atom stereocenters. The Morgan fingerprint density at radius 1 is 0.329 bits per heavy atom. The van der Waals surface area contributed by atoms with Gasteiger partial charge >= 0.3 is 39.5 Å². The zero-order valence-corrected chi connectivity index (χ0v) is 54.6. The summed E-state index contributed by atoms with van der Waals surface area (Å²) in [6, 6.07) is 0. The average Bonchev–Trinajstić information content (AvgIpc) is 3.43. The van der Waals surface area contributed by atoms with Crippen LogP contribution in [0.4, 0.5) is 0 Å². The van der Waals surface area contributed by atoms with E-state index in [1.54, 1.807) is 0 Å². The Hall–Kier alpha value is -1.94. The van der Waals surface area contributed by atoms with Gasteiger partial charge in [-0.3, -0.25) is 37.3 Å². The second kappa shape index (κ2) is 55.6. The fourth-order valence-corrected chi connectivity index (χ4v) is 10.9. The lowest BCUT2D eigenvalue weighted by Crippen LogP contribution is -2.30. The third kappa shape index (κ3) is 57.2. The second-order valence-electron chi connectivity index (χ2n) is 23.7. The van der Waals surface area contributed by atoms with E-state index in [1.165, 1.54) is 109 Å². The molecule has 0 heterocycles. The molecule has 82 heavy (non-hydrogen) atoms. The number of esters is 4. The van der Waals surface area contributed by atoms with Gasteiger partial charge in [0.05, 0.1) is 26.4 Å². The fourth-order valence-electron chi connectivity index (χ4n) is 9.35. The monoisotopic (exact) mass is 1210 g/mol. The number of phosphoric ester groups is 2. The van der Waals surface area contributed by atoms with Crippen molar-refractivity contribution in [1.82, 2.24) is 0 Å². The highest BCUT2D eigenvalue weighted by Crippen LogP contribution is 2.45. The van der Waals surface area contributed by atoms with Crippen molar-refractivity contribution in [2.75, 3.05) is 39.6 Å². The highest BCUT2D eigenvalue weighted by molar-refractivity contribution is 7.47. The van der Waals surface area contributed by atoms with Gasteiger partial charge in [0.15, 0.2) is 12.2 Å². The Morgan fingerprint density at radius 2 is 0.561 bits per heavy atom. The van der Waals surface area contributed by atoms with Crippen molar-refractivity contribution in [3.8, 4) is 0 Å². The topological polar surface area (TPSA) is 237 Å². The van der Waals surface area contributed by atoms with E-state index in [1.807, 2.05) is 0 Å². The number of unbranched alkanes of at least 4 members (excludes halogenated alkanes) is 32. The van der Waals surface area contributed by atoms with Crippen molar-refractivity contribution >= 4 is 39.5 Å². The summed E-state index contributed by atoms with van der Waals surface area (Å²) >= 11 is 0. The molecule has 0 rings (SSSR count). The van der Waals surface area contributed by atoms with E-state index in [2.05, 4.69) is 41.5 Å². The first-order chi connectivity index (χ1) is 39.4. The summed E-state index contributed by atoms with van der Waals surface area (Å²) in [6.07, 6.45) is 38.1. The van der Waals surface area contributed by atoms with Gasteiger partial charge in [-0.1, -0.05) is 260 Å². The largest absolute Gasteiger partial charge is 0.472 e. The van der Waals surface area contributed by atoms with Crippen LogP contribution >= 0.6 is 15.6 Å². The SMILES string of the molecule is CCCCCCCCCC(=O)O[C@H](COC(=O)CCCCCCC)COP(=O)(O)OC[C@H](O)COP(=O)(O)OC[C@@H](COC(=O)CCCCCCCCCCCC(C)C)OC(=O)CCCCCCCCCCCCCCCCCC(C)C. The molecule has 0 spiro atoms. The lowest BCUT2D eigenvalue weighted by Gasteiger charge is -2.21. The van der Waals surface area contributed by atoms with Gasteiger partial charge in [-0.05, 0) is 37.5 Å². The Balaban J connectivity index is 5.12. The number of hydrogen-bond acceptors (Lipinski definition) is 15. The van der Waals surface area contributed by atoms with Crippen LogP contribution < -0.4 is 0 Å². The first kappa shape index (κ1) is 80.1. The Bertz CT molecular complexity index is 1620. The van der Waals surface area contributed by atoms with Crippen molar-refractivity contribution in [3.05, 3.63) is 0 Å². The molecule has 486 valence electrons. The molecule has 0 aromatic heterocycles. The Labute approximate surface area is 498 Å². The zero-order chi connectivity index (χ0) is 60.8. The summed E-state index contributed by atoms with van der Waals surface area (Å²) in [4.78, 5) is 71.8. The molecule has 0 bridgehead atoms. The van der Waals surface area contributed by atoms with Crippen molar-refractivity contribution in [1.29, 1.82) is 0 Å². The third-order valence-electron chi connectivity index (χ3n) is 14.5. The summed E-state index contributed by atoms with van der Waals surface area (Å²) in [6.45, 7) is 9.36. The van der Waals surface area contributed by atoms with E-state index in [0.717, 1.165) is 121 Å². The normalized spacial score (nSPS) is 14.3. The maximum absolute atomic E-state index is 13.0. The zero-order valence-electron chi connectivity index (χ0n) is 52.8. The van der Waals surface area contributed by atoms with Crippen molar-refractivity contribution in [2.24, 2.45) is 11.8 Å². The first-order valence-electron chi connectivity index (χ1n) is 33.0. The van der Waals surface area contributed by atoms with Gasteiger partial charge in [-0.2, -0.15) is 0 Å². The molecule has 19 heteroatoms. The van der Waals surface area contributed by atoms with Crippen LogP contribution in [0, 0.1) is 11.8 Å². The van der Waals surface area contributed by atoms with Gasteiger partial charge in [-0.15, -0.1) is 0 Å². The number of hydrogen-bond donors (Lipinski definition) is 3. The summed E-state index contributed by atoms with van der Waals surface area (Å²) in [7, 11) is -9.87. The van der Waals surface area contributed by atoms with Gasteiger partial charge in [0, 0.05) is 25.7 Å². The molecule has 0 radical (unpaired) electrons. The minimum atomic E-state index is -4.94. The maximum Gasteiger partial charge on any atom is 0.472 e. The molecule has 0 fully saturated rings. The summed E-state index contributed by atoms with van der Waals surface area (Å²) < 4.78 is 67.6. The molecule has 17 nitrogen and oxygen atoms in total. The highest BCUT2D eigenvalue weighted by atomic mass is 31.2. The van der Waals surface area contributed by atoms with E-state index in [4.69, 9.17) is 37.0 Å². The van der Waals surface area contributed by atoms with Crippen molar-refractivity contribution in [2.45, 2.75) is 330 Å². The number of aliphatic hydroxyl groups is 1. The van der Waals surface area contributed by atoms with Crippen LogP contribution in [0.1, 0.15) is 311 Å². The van der Waals surface area contributed by atoms with E-state index in [0.29, 0.717) is 25.7 Å². The maximum atomic E-state index is 13.0. The van der Waals surface area contributed by atoms with Crippen LogP contribution in [-0.2, 0) is 65.4 Å². The molecule has 0 aromatic rings. The molecule has 0 aliphatic carbocycles. The Kier molecular flexibility index (Phi) is 54.3. The molecule has 0 aromatic carbocycles. The summed E-state index contributed by atoms with van der Waals surface area (Å²) in [5, 5.41) is 10.5. The lowest BCUT2D eigenvalue weighted by molar-refractivity contribution is -0.161. The minimum Gasteiger partial charge on any atom is -0.462 e. The molecule has 0 aliphatic rings. The van der Waals surface area contributed by atoms with Crippen LogP contribution in [-0.4, -0.2) is 96.7 Å². The van der Waals surface area contributed by atoms with E-state index < -0.39 is 97.5 Å².